The van der Waals surface area contributed by atoms with Crippen LogP contribution in [0.15, 0.2) is 24.4 Å². The molecule has 0 saturated heterocycles. The molecule has 0 atom stereocenters. The van der Waals surface area contributed by atoms with E-state index in [2.05, 4.69) is 15.3 Å². The normalized spacial score (nSPS) is 11.1. The lowest BCUT2D eigenvalue weighted by Gasteiger charge is -2.02. The van der Waals surface area contributed by atoms with Gasteiger partial charge < -0.3 is 4.74 Å². The van der Waals surface area contributed by atoms with Gasteiger partial charge in [-0.15, -0.1) is 10.2 Å². The Kier molecular flexibility index (Phi) is 1.80. The number of aryl methyl sites for hydroxylation is 1. The number of aromatic nitrogens is 4. The van der Waals surface area contributed by atoms with E-state index >= 15 is 0 Å². The summed E-state index contributed by atoms with van der Waals surface area (Å²) in [6.07, 6.45) is 1.79. The van der Waals surface area contributed by atoms with Crippen LogP contribution >= 0.6 is 0 Å². The van der Waals surface area contributed by atoms with Crippen LogP contribution in [-0.2, 0) is 0 Å². The molecule has 0 fully saturated rings. The molecule has 0 aliphatic heterocycles. The summed E-state index contributed by atoms with van der Waals surface area (Å²) in [4.78, 5) is 0. The SMILES string of the molecule is COc1ccc2c(cnn3c(C)nnc23)c1. The van der Waals surface area contributed by atoms with E-state index < -0.39 is 0 Å². The van der Waals surface area contributed by atoms with Crippen LogP contribution < -0.4 is 4.74 Å². The maximum atomic E-state index is 5.17. The number of benzene rings is 1. The van der Waals surface area contributed by atoms with Gasteiger partial charge in [-0.2, -0.15) is 9.61 Å². The van der Waals surface area contributed by atoms with Gasteiger partial charge in [0.05, 0.1) is 13.3 Å². The van der Waals surface area contributed by atoms with Gasteiger partial charge in [0.15, 0.2) is 11.5 Å². The minimum absolute atomic E-state index is 0.776. The van der Waals surface area contributed by atoms with Crippen LogP contribution in [0.3, 0.4) is 0 Å². The van der Waals surface area contributed by atoms with Crippen molar-refractivity contribution in [3.05, 3.63) is 30.2 Å². The van der Waals surface area contributed by atoms with Crippen molar-refractivity contribution in [2.75, 3.05) is 7.11 Å². The van der Waals surface area contributed by atoms with Crippen molar-refractivity contribution in [2.45, 2.75) is 6.92 Å². The fourth-order valence-electron chi connectivity index (χ4n) is 1.76. The molecular formula is C11H10N4O. The minimum Gasteiger partial charge on any atom is -0.497 e. The van der Waals surface area contributed by atoms with Crippen molar-refractivity contribution in [2.24, 2.45) is 0 Å². The highest BCUT2D eigenvalue weighted by molar-refractivity contribution is 5.93. The van der Waals surface area contributed by atoms with Crippen molar-refractivity contribution in [1.29, 1.82) is 0 Å². The summed E-state index contributed by atoms with van der Waals surface area (Å²) in [5, 5.41) is 14.4. The molecule has 0 N–H and O–H groups in total. The number of nitrogens with zero attached hydrogens (tertiary/aromatic N) is 4. The molecule has 0 saturated carbocycles. The van der Waals surface area contributed by atoms with Crippen LogP contribution in [-0.4, -0.2) is 26.9 Å². The third kappa shape index (κ3) is 1.14. The molecule has 3 rings (SSSR count). The quantitative estimate of drug-likeness (QED) is 0.617. The Morgan fingerprint density at radius 1 is 1.25 bits per heavy atom. The summed E-state index contributed by atoms with van der Waals surface area (Å²) in [6, 6.07) is 5.82. The topological polar surface area (TPSA) is 52.3 Å². The van der Waals surface area contributed by atoms with Crippen LogP contribution in [0.1, 0.15) is 5.82 Å². The van der Waals surface area contributed by atoms with Crippen LogP contribution in [0.25, 0.3) is 16.4 Å². The van der Waals surface area contributed by atoms with Gasteiger partial charge in [0.25, 0.3) is 0 Å². The second kappa shape index (κ2) is 3.16. The molecule has 3 aromatic rings. The maximum Gasteiger partial charge on any atom is 0.185 e. The summed E-state index contributed by atoms with van der Waals surface area (Å²) < 4.78 is 6.90. The van der Waals surface area contributed by atoms with Gasteiger partial charge >= 0.3 is 0 Å². The molecular weight excluding hydrogens is 204 g/mol. The lowest BCUT2D eigenvalue weighted by molar-refractivity contribution is 0.415. The van der Waals surface area contributed by atoms with E-state index in [4.69, 9.17) is 4.74 Å². The van der Waals surface area contributed by atoms with Crippen molar-refractivity contribution >= 4 is 16.4 Å². The molecule has 0 bridgehead atoms. The summed E-state index contributed by atoms with van der Waals surface area (Å²) in [7, 11) is 1.65. The second-order valence-corrected chi connectivity index (χ2v) is 3.58. The zero-order valence-corrected chi connectivity index (χ0v) is 9.01. The van der Waals surface area contributed by atoms with Crippen LogP contribution in [0.2, 0.25) is 0 Å². The third-order valence-corrected chi connectivity index (χ3v) is 2.61. The molecule has 5 nitrogen and oxygen atoms in total. The first-order valence-corrected chi connectivity index (χ1v) is 4.94. The van der Waals surface area contributed by atoms with E-state index in [1.54, 1.807) is 17.8 Å². The molecule has 16 heavy (non-hydrogen) atoms. The number of rotatable bonds is 1. The van der Waals surface area contributed by atoms with E-state index in [1.807, 2.05) is 25.1 Å². The standard InChI is InChI=1S/C11H10N4O/c1-7-13-14-11-10-4-3-9(16-2)5-8(10)6-12-15(7)11/h3-6H,1-2H3. The molecule has 0 spiro atoms. The second-order valence-electron chi connectivity index (χ2n) is 3.58. The van der Waals surface area contributed by atoms with Gasteiger partial charge in [-0.25, -0.2) is 0 Å². The maximum absolute atomic E-state index is 5.17. The number of fused-ring (bicyclic) bond motifs is 3. The first-order valence-electron chi connectivity index (χ1n) is 4.94. The Balaban J connectivity index is 2.43. The first kappa shape index (κ1) is 9.08. The summed E-state index contributed by atoms with van der Waals surface area (Å²) in [5.74, 6) is 1.60. The van der Waals surface area contributed by atoms with Crippen LogP contribution in [0.4, 0.5) is 0 Å². The van der Waals surface area contributed by atoms with Gasteiger partial charge in [0, 0.05) is 10.8 Å². The molecule has 2 heterocycles. The Labute approximate surface area is 91.7 Å². The predicted octanol–water partition coefficient (Wildman–Crippen LogP) is 1.59. The molecule has 80 valence electrons. The zero-order chi connectivity index (χ0) is 11.1. The average molecular weight is 214 g/mol. The summed E-state index contributed by atoms with van der Waals surface area (Å²) in [6.45, 7) is 1.88. The molecule has 2 aromatic heterocycles. The van der Waals surface area contributed by atoms with Crippen LogP contribution in [0, 0.1) is 6.92 Å². The predicted molar refractivity (Wildman–Crippen MR) is 59.6 cm³/mol. The first-order chi connectivity index (χ1) is 7.79. The van der Waals surface area contributed by atoms with Gasteiger partial charge in [-0.05, 0) is 25.1 Å². The minimum atomic E-state index is 0.776. The smallest absolute Gasteiger partial charge is 0.185 e. The number of methoxy groups -OCH3 is 1. The molecule has 0 unspecified atom stereocenters. The highest BCUT2D eigenvalue weighted by Gasteiger charge is 2.07. The molecule has 1 aromatic carbocycles. The Hall–Kier alpha value is -2.17. The Morgan fingerprint density at radius 3 is 2.94 bits per heavy atom. The van der Waals surface area contributed by atoms with Crippen LogP contribution in [0.5, 0.6) is 5.75 Å². The Morgan fingerprint density at radius 2 is 2.12 bits per heavy atom. The largest absolute Gasteiger partial charge is 0.497 e. The summed E-state index contributed by atoms with van der Waals surface area (Å²) >= 11 is 0. The molecule has 5 heteroatoms. The Bertz CT molecular complexity index is 674. The molecule has 0 radical (unpaired) electrons. The van der Waals surface area contributed by atoms with Gasteiger partial charge in [-0.3, -0.25) is 0 Å². The number of hydrogen-bond donors (Lipinski definition) is 0. The lowest BCUT2D eigenvalue weighted by atomic mass is 10.2. The molecule has 0 aliphatic carbocycles. The highest BCUT2D eigenvalue weighted by Crippen LogP contribution is 2.22. The van der Waals surface area contributed by atoms with Gasteiger partial charge in [0.1, 0.15) is 5.75 Å². The summed E-state index contributed by atoms with van der Waals surface area (Å²) in [5.41, 5.74) is 0.776. The van der Waals surface area contributed by atoms with Gasteiger partial charge in [0.2, 0.25) is 0 Å². The van der Waals surface area contributed by atoms with E-state index in [0.717, 1.165) is 28.0 Å². The monoisotopic (exact) mass is 214 g/mol. The van der Waals surface area contributed by atoms with E-state index in [9.17, 15) is 0 Å². The lowest BCUT2D eigenvalue weighted by Crippen LogP contribution is -1.94. The number of hydrogen-bond acceptors (Lipinski definition) is 4. The third-order valence-electron chi connectivity index (χ3n) is 2.61. The van der Waals surface area contributed by atoms with Crippen molar-refractivity contribution in [3.63, 3.8) is 0 Å². The fourth-order valence-corrected chi connectivity index (χ4v) is 1.76. The van der Waals surface area contributed by atoms with Gasteiger partial charge in [-0.1, -0.05) is 0 Å². The fraction of sp³-hybridized carbons (Fsp3) is 0.182. The van der Waals surface area contributed by atoms with Crippen molar-refractivity contribution < 1.29 is 4.74 Å². The molecule has 0 amide bonds. The highest BCUT2D eigenvalue weighted by atomic mass is 16.5. The van der Waals surface area contributed by atoms with E-state index in [0.29, 0.717) is 0 Å². The van der Waals surface area contributed by atoms with Crippen molar-refractivity contribution in [1.82, 2.24) is 19.8 Å². The van der Waals surface area contributed by atoms with E-state index in [-0.39, 0.29) is 0 Å². The molecule has 0 aliphatic rings. The zero-order valence-electron chi connectivity index (χ0n) is 9.01. The van der Waals surface area contributed by atoms with E-state index in [1.165, 1.54) is 0 Å². The van der Waals surface area contributed by atoms with Crippen molar-refractivity contribution in [3.8, 4) is 5.75 Å². The number of ether oxygens (including phenoxy) is 1. The average Bonchev–Trinajstić information content (AvgIpc) is 2.70.